The molecule has 0 saturated carbocycles. The highest BCUT2D eigenvalue weighted by molar-refractivity contribution is 6.17. The minimum Gasteiger partial charge on any atom is -0.339 e. The van der Waals surface area contributed by atoms with E-state index in [2.05, 4.69) is 58.9 Å². The zero-order valence-electron chi connectivity index (χ0n) is 10.8. The van der Waals surface area contributed by atoms with Gasteiger partial charge in [-0.1, -0.05) is 36.4 Å². The van der Waals surface area contributed by atoms with Gasteiger partial charge in [0.15, 0.2) is 0 Å². The van der Waals surface area contributed by atoms with E-state index in [1.165, 1.54) is 32.6 Å². The van der Waals surface area contributed by atoms with Crippen molar-refractivity contribution in [2.24, 2.45) is 0 Å². The zero-order chi connectivity index (χ0) is 12.8. The van der Waals surface area contributed by atoms with E-state index >= 15 is 0 Å². The molecule has 0 atom stereocenters. The maximum atomic E-state index is 4.28. The second kappa shape index (κ2) is 3.82. The van der Waals surface area contributed by atoms with Gasteiger partial charge in [-0.15, -0.1) is 0 Å². The molecule has 0 aliphatic rings. The Balaban J connectivity index is 2.37. The van der Waals surface area contributed by atoms with Gasteiger partial charge < -0.3 is 4.57 Å². The minimum absolute atomic E-state index is 0.958. The third kappa shape index (κ3) is 1.34. The van der Waals surface area contributed by atoms with Crippen LogP contribution in [-0.2, 0) is 6.54 Å². The Hall–Kier alpha value is -2.35. The van der Waals surface area contributed by atoms with E-state index in [1.54, 1.807) is 0 Å². The molecule has 0 spiro atoms. The first kappa shape index (κ1) is 10.6. The Morgan fingerprint density at radius 2 is 1.84 bits per heavy atom. The fourth-order valence-electron chi connectivity index (χ4n) is 3.04. The van der Waals surface area contributed by atoms with Gasteiger partial charge >= 0.3 is 0 Å². The van der Waals surface area contributed by atoms with Crippen LogP contribution in [0.3, 0.4) is 0 Å². The summed E-state index contributed by atoms with van der Waals surface area (Å²) in [7, 11) is 0. The van der Waals surface area contributed by atoms with E-state index in [0.29, 0.717) is 0 Å². The van der Waals surface area contributed by atoms with Crippen LogP contribution in [0.4, 0.5) is 0 Å². The van der Waals surface area contributed by atoms with Crippen LogP contribution in [-0.4, -0.2) is 9.55 Å². The molecule has 92 valence electrons. The molecule has 2 aromatic carbocycles. The Labute approximate surface area is 111 Å². The van der Waals surface area contributed by atoms with Crippen molar-refractivity contribution in [3.8, 4) is 0 Å². The average Bonchev–Trinajstić information content (AvgIpc) is 2.81. The van der Waals surface area contributed by atoms with E-state index in [1.807, 2.05) is 12.4 Å². The maximum absolute atomic E-state index is 4.28. The van der Waals surface area contributed by atoms with E-state index in [4.69, 9.17) is 0 Å². The number of aromatic nitrogens is 2. The lowest BCUT2D eigenvalue weighted by atomic mass is 10.1. The van der Waals surface area contributed by atoms with Gasteiger partial charge in [0.1, 0.15) is 0 Å². The Morgan fingerprint density at radius 1 is 0.947 bits per heavy atom. The minimum atomic E-state index is 0.958. The molecule has 2 heterocycles. The lowest BCUT2D eigenvalue weighted by Crippen LogP contribution is -1.93. The summed E-state index contributed by atoms with van der Waals surface area (Å²) in [5.41, 5.74) is 2.54. The first-order valence-electron chi connectivity index (χ1n) is 6.64. The van der Waals surface area contributed by atoms with Crippen LogP contribution >= 0.6 is 0 Å². The second-order valence-corrected chi connectivity index (χ2v) is 4.82. The predicted octanol–water partition coefficient (Wildman–Crippen LogP) is 4.36. The van der Waals surface area contributed by atoms with Gasteiger partial charge in [-0.3, -0.25) is 4.98 Å². The molecule has 0 radical (unpaired) electrons. The molecule has 4 aromatic rings. The van der Waals surface area contributed by atoms with Crippen molar-refractivity contribution in [3.05, 3.63) is 54.9 Å². The van der Waals surface area contributed by atoms with Crippen LogP contribution < -0.4 is 0 Å². The number of hydrogen-bond donors (Lipinski definition) is 0. The Morgan fingerprint density at radius 3 is 2.74 bits per heavy atom. The Kier molecular flexibility index (Phi) is 2.12. The molecule has 2 nitrogen and oxygen atoms in total. The topological polar surface area (TPSA) is 17.8 Å². The molecule has 0 bridgehead atoms. The first-order chi connectivity index (χ1) is 9.40. The summed E-state index contributed by atoms with van der Waals surface area (Å²) in [6.45, 7) is 3.15. The molecule has 0 unspecified atom stereocenters. The smallest absolute Gasteiger partial charge is 0.0677 e. The fraction of sp³-hybridized carbons (Fsp3) is 0.118. The van der Waals surface area contributed by atoms with Crippen molar-refractivity contribution >= 4 is 32.6 Å². The molecule has 19 heavy (non-hydrogen) atoms. The molecule has 2 heteroatoms. The first-order valence-corrected chi connectivity index (χ1v) is 6.64. The molecule has 0 aliphatic carbocycles. The molecule has 0 fully saturated rings. The molecule has 0 saturated heterocycles. The number of nitrogens with zero attached hydrogens (tertiary/aromatic N) is 2. The summed E-state index contributed by atoms with van der Waals surface area (Å²) in [4.78, 5) is 4.28. The number of pyridine rings is 1. The molecular weight excluding hydrogens is 232 g/mol. The van der Waals surface area contributed by atoms with Crippen molar-refractivity contribution < 1.29 is 0 Å². The normalized spacial score (nSPS) is 11.6. The lowest BCUT2D eigenvalue weighted by Gasteiger charge is -2.05. The van der Waals surface area contributed by atoms with E-state index in [9.17, 15) is 0 Å². The summed E-state index contributed by atoms with van der Waals surface area (Å²) in [6, 6.07) is 15.1. The summed E-state index contributed by atoms with van der Waals surface area (Å²) in [5.74, 6) is 0. The van der Waals surface area contributed by atoms with Gasteiger partial charge in [0.2, 0.25) is 0 Å². The molecule has 4 rings (SSSR count). The second-order valence-electron chi connectivity index (χ2n) is 4.82. The Bertz CT molecular complexity index is 903. The predicted molar refractivity (Wildman–Crippen MR) is 80.4 cm³/mol. The van der Waals surface area contributed by atoms with Gasteiger partial charge in [-0.2, -0.15) is 0 Å². The summed E-state index contributed by atoms with van der Waals surface area (Å²) < 4.78 is 2.36. The molecule has 0 amide bonds. The summed E-state index contributed by atoms with van der Waals surface area (Å²) in [6.07, 6.45) is 3.84. The number of rotatable bonds is 1. The van der Waals surface area contributed by atoms with Crippen LogP contribution in [0, 0.1) is 0 Å². The molecule has 0 aliphatic heterocycles. The van der Waals surface area contributed by atoms with Gasteiger partial charge in [0.25, 0.3) is 0 Å². The highest BCUT2D eigenvalue weighted by Gasteiger charge is 2.11. The number of benzene rings is 2. The highest BCUT2D eigenvalue weighted by atomic mass is 15.0. The fourth-order valence-corrected chi connectivity index (χ4v) is 3.04. The van der Waals surface area contributed by atoms with Gasteiger partial charge in [-0.05, 0) is 18.4 Å². The van der Waals surface area contributed by atoms with Crippen LogP contribution in [0.5, 0.6) is 0 Å². The summed E-state index contributed by atoms with van der Waals surface area (Å²) in [5, 5.41) is 5.22. The van der Waals surface area contributed by atoms with E-state index in [-0.39, 0.29) is 0 Å². The van der Waals surface area contributed by atoms with Crippen molar-refractivity contribution in [3.63, 3.8) is 0 Å². The number of aryl methyl sites for hydroxylation is 1. The van der Waals surface area contributed by atoms with Gasteiger partial charge in [0, 0.05) is 28.9 Å². The SMILES string of the molecule is CCn1c2cnccc2c2ccc3ccccc3c21. The van der Waals surface area contributed by atoms with Crippen molar-refractivity contribution in [2.45, 2.75) is 13.5 Å². The highest BCUT2D eigenvalue weighted by Crippen LogP contribution is 2.33. The molecule has 0 N–H and O–H groups in total. The van der Waals surface area contributed by atoms with Crippen LogP contribution in [0.15, 0.2) is 54.9 Å². The maximum Gasteiger partial charge on any atom is 0.0677 e. The van der Waals surface area contributed by atoms with Crippen LogP contribution in [0.1, 0.15) is 6.92 Å². The average molecular weight is 246 g/mol. The molecule has 2 aromatic heterocycles. The van der Waals surface area contributed by atoms with E-state index in [0.717, 1.165) is 6.54 Å². The monoisotopic (exact) mass is 246 g/mol. The quantitative estimate of drug-likeness (QED) is 0.488. The van der Waals surface area contributed by atoms with Crippen molar-refractivity contribution in [1.29, 1.82) is 0 Å². The zero-order valence-corrected chi connectivity index (χ0v) is 10.8. The summed E-state index contributed by atoms with van der Waals surface area (Å²) >= 11 is 0. The van der Waals surface area contributed by atoms with Crippen molar-refractivity contribution in [2.75, 3.05) is 0 Å². The third-order valence-electron chi connectivity index (χ3n) is 3.87. The number of hydrogen-bond acceptors (Lipinski definition) is 1. The third-order valence-corrected chi connectivity index (χ3v) is 3.87. The molecular formula is C17H14N2. The standard InChI is InChI=1S/C17H14N2/c1-2-19-16-11-18-10-9-14(16)15-8-7-12-5-3-4-6-13(12)17(15)19/h3-11H,2H2,1H3. The van der Waals surface area contributed by atoms with Crippen LogP contribution in [0.2, 0.25) is 0 Å². The largest absolute Gasteiger partial charge is 0.339 e. The number of fused-ring (bicyclic) bond motifs is 5. The van der Waals surface area contributed by atoms with Gasteiger partial charge in [-0.25, -0.2) is 0 Å². The lowest BCUT2D eigenvalue weighted by molar-refractivity contribution is 0.828. The van der Waals surface area contributed by atoms with Crippen LogP contribution in [0.25, 0.3) is 32.6 Å². The van der Waals surface area contributed by atoms with Crippen molar-refractivity contribution in [1.82, 2.24) is 9.55 Å². The van der Waals surface area contributed by atoms with Gasteiger partial charge in [0.05, 0.1) is 17.2 Å². The van der Waals surface area contributed by atoms with E-state index < -0.39 is 0 Å².